The van der Waals surface area contributed by atoms with Crippen LogP contribution in [0, 0.1) is 5.82 Å². The molecule has 3 atom stereocenters. The van der Waals surface area contributed by atoms with E-state index in [1.807, 2.05) is 4.90 Å². The van der Waals surface area contributed by atoms with Gasteiger partial charge < -0.3 is 23.8 Å². The van der Waals surface area contributed by atoms with Crippen molar-refractivity contribution in [3.05, 3.63) is 34.9 Å². The van der Waals surface area contributed by atoms with Gasteiger partial charge in [0.15, 0.2) is 5.82 Å². The Morgan fingerprint density at radius 2 is 2.04 bits per heavy atom. The molecule has 0 amide bonds. The summed E-state index contributed by atoms with van der Waals surface area (Å²) in [5.74, 6) is -0.776. The summed E-state index contributed by atoms with van der Waals surface area (Å²) >= 11 is 6.82. The van der Waals surface area contributed by atoms with E-state index in [1.165, 1.54) is 24.0 Å². The molecule has 4 aromatic rings. The van der Waals surface area contributed by atoms with E-state index in [9.17, 15) is 14.0 Å². The molecule has 258 valence electrons. The lowest BCUT2D eigenvalue weighted by molar-refractivity contribution is -0.00448. The minimum Gasteiger partial charge on any atom is -0.461 e. The van der Waals surface area contributed by atoms with Crippen molar-refractivity contribution in [2.75, 3.05) is 57.5 Å². The highest BCUT2D eigenvalue weighted by Gasteiger charge is 2.49. The summed E-state index contributed by atoms with van der Waals surface area (Å²) < 4.78 is 55.9. The Hall–Kier alpha value is -4.21. The number of anilines is 1. The van der Waals surface area contributed by atoms with Gasteiger partial charge in [0.2, 0.25) is 5.91 Å². The minimum atomic E-state index is -0.952. The Labute approximate surface area is 284 Å². The molecule has 5 aliphatic heterocycles. The molecule has 3 saturated heterocycles. The lowest BCUT2D eigenvalue weighted by atomic mass is 9.95. The minimum absolute atomic E-state index is 0.0104. The van der Waals surface area contributed by atoms with E-state index >= 15 is 4.39 Å². The first-order chi connectivity index (χ1) is 23.7. The Morgan fingerprint density at radius 3 is 2.90 bits per heavy atom. The van der Waals surface area contributed by atoms with Crippen molar-refractivity contribution >= 4 is 51.3 Å². The van der Waals surface area contributed by atoms with Gasteiger partial charge >= 0.3 is 12.2 Å². The number of alkyl halides is 1. The second kappa shape index (κ2) is 12.6. The van der Waals surface area contributed by atoms with E-state index in [1.54, 1.807) is 6.07 Å². The van der Waals surface area contributed by atoms with Crippen LogP contribution in [0.15, 0.2) is 18.5 Å². The van der Waals surface area contributed by atoms with Gasteiger partial charge in [-0.3, -0.25) is 14.7 Å². The molecule has 0 radical (unpaired) electrons. The van der Waals surface area contributed by atoms with Crippen LogP contribution in [0.1, 0.15) is 43.0 Å². The Balaban J connectivity index is 1.32. The molecule has 13 nitrogen and oxygen atoms in total. The fraction of sp³-hybridized carbons (Fsp3) is 0.515. The third-order valence-corrected chi connectivity index (χ3v) is 10.3. The first-order valence-corrected chi connectivity index (χ1v) is 16.8. The summed E-state index contributed by atoms with van der Waals surface area (Å²) in [7, 11) is 0. The van der Waals surface area contributed by atoms with Crippen LogP contribution in [0.5, 0.6) is 6.01 Å². The van der Waals surface area contributed by atoms with Crippen LogP contribution < -0.4 is 9.64 Å². The van der Waals surface area contributed by atoms with Gasteiger partial charge in [0.1, 0.15) is 35.9 Å². The van der Waals surface area contributed by atoms with Crippen LogP contribution in [0.2, 0.25) is 5.02 Å². The number of aromatic nitrogens is 5. The van der Waals surface area contributed by atoms with Crippen molar-refractivity contribution in [3.8, 4) is 17.3 Å². The Kier molecular flexibility index (Phi) is 8.23. The number of carbonyl (C=O) groups is 2. The van der Waals surface area contributed by atoms with Gasteiger partial charge in [-0.15, -0.1) is 0 Å². The van der Waals surface area contributed by atoms with Crippen LogP contribution in [-0.4, -0.2) is 112 Å². The number of ether oxygens (including phenoxy) is 4. The number of hydrogen-bond donors (Lipinski definition) is 0. The Morgan fingerprint density at radius 1 is 1.16 bits per heavy atom. The van der Waals surface area contributed by atoms with E-state index in [2.05, 4.69) is 20.0 Å². The number of carbonyl (C=O) groups excluding carboxylic acids is 2. The van der Waals surface area contributed by atoms with Crippen LogP contribution in [0.3, 0.4) is 0 Å². The zero-order valence-electron chi connectivity index (χ0n) is 26.8. The van der Waals surface area contributed by atoms with E-state index in [0.717, 1.165) is 19.4 Å². The summed E-state index contributed by atoms with van der Waals surface area (Å²) in [6, 6.07) is 1.53. The maximum atomic E-state index is 17.2. The highest BCUT2D eigenvalue weighted by Crippen LogP contribution is 2.42. The summed E-state index contributed by atoms with van der Waals surface area (Å²) in [6.45, 7) is 3.58. The molecule has 9 rings (SSSR count). The standard InChI is InChI=1S/C33H34ClF2N7O6/c1-18(44)43-25-10-24(34)21-4-2-8-47-32(45)49-20-15-41(7-9-46-16-20)30-23-12-37-29(26(21)22(25)13-38-43)27(36)28(23)39-31(40-30)48-17-33-5-3-6-42(33)14-19(35)11-33/h10,12-13,19-20H,2-9,11,14-17H2,1H3/t19-,20+,33+/m1/s1. The summed E-state index contributed by atoms with van der Waals surface area (Å²) in [6.07, 6.45) is 3.13. The number of rotatable bonds is 3. The Bertz CT molecular complexity index is 1980. The summed E-state index contributed by atoms with van der Waals surface area (Å²) in [4.78, 5) is 43.0. The number of fused-ring (bicyclic) bond motifs is 8. The quantitative estimate of drug-likeness (QED) is 0.274. The number of pyridine rings is 1. The van der Waals surface area contributed by atoms with E-state index in [0.29, 0.717) is 59.2 Å². The van der Waals surface area contributed by atoms with Gasteiger partial charge in [-0.1, -0.05) is 11.6 Å². The predicted molar refractivity (Wildman–Crippen MR) is 173 cm³/mol. The molecule has 8 heterocycles. The fourth-order valence-electron chi connectivity index (χ4n) is 7.71. The maximum absolute atomic E-state index is 17.2. The zero-order chi connectivity index (χ0) is 33.9. The largest absolute Gasteiger partial charge is 0.508 e. The van der Waals surface area contributed by atoms with Crippen molar-refractivity contribution in [2.24, 2.45) is 0 Å². The van der Waals surface area contributed by atoms with Crippen LogP contribution >= 0.6 is 11.6 Å². The van der Waals surface area contributed by atoms with Crippen LogP contribution in [-0.2, 0) is 20.6 Å². The molecular weight excluding hydrogens is 664 g/mol. The highest BCUT2D eigenvalue weighted by molar-refractivity contribution is 6.33. The first kappa shape index (κ1) is 32.0. The molecule has 6 bridgehead atoms. The normalized spacial score (nSPS) is 24.6. The van der Waals surface area contributed by atoms with Gasteiger partial charge in [-0.25, -0.2) is 18.3 Å². The van der Waals surface area contributed by atoms with Gasteiger partial charge in [-0.05, 0) is 43.9 Å². The van der Waals surface area contributed by atoms with E-state index < -0.39 is 29.8 Å². The molecule has 0 spiro atoms. The van der Waals surface area contributed by atoms with Crippen LogP contribution in [0.25, 0.3) is 33.1 Å². The molecule has 5 aliphatic rings. The third kappa shape index (κ3) is 5.70. The van der Waals surface area contributed by atoms with Crippen LogP contribution in [0.4, 0.5) is 19.4 Å². The number of nitrogens with zero attached hydrogens (tertiary/aromatic N) is 7. The van der Waals surface area contributed by atoms with Gasteiger partial charge in [-0.2, -0.15) is 15.1 Å². The third-order valence-electron chi connectivity index (χ3n) is 9.93. The molecule has 3 fully saturated rings. The SMILES string of the molecule is CC(=O)n1ncc2c3c(c(Cl)cc21)CCCOC(=O)O[C@@H]1COCCN(C1)c1nc(OC[C@@]24CCCN2C[C@H](F)C4)nc2c(F)c-3ncc12. The summed E-state index contributed by atoms with van der Waals surface area (Å²) in [5, 5.41) is 5.27. The lowest BCUT2D eigenvalue weighted by Gasteiger charge is -2.31. The first-order valence-electron chi connectivity index (χ1n) is 16.5. The average molecular weight is 698 g/mol. The van der Waals surface area contributed by atoms with Crippen molar-refractivity contribution in [3.63, 3.8) is 0 Å². The maximum Gasteiger partial charge on any atom is 0.508 e. The molecule has 3 aromatic heterocycles. The van der Waals surface area contributed by atoms with Gasteiger partial charge in [0, 0.05) is 48.6 Å². The van der Waals surface area contributed by atoms with Crippen molar-refractivity contribution in [1.82, 2.24) is 29.6 Å². The number of benzene rings is 1. The van der Waals surface area contributed by atoms with Crippen molar-refractivity contribution < 1.29 is 37.3 Å². The molecular formula is C33H34ClF2N7O6. The van der Waals surface area contributed by atoms with Gasteiger partial charge in [0.05, 0.1) is 49.0 Å². The molecule has 0 saturated carbocycles. The molecule has 0 N–H and O–H groups in total. The topological polar surface area (TPSA) is 134 Å². The second-order valence-electron chi connectivity index (χ2n) is 13.1. The smallest absolute Gasteiger partial charge is 0.461 e. The second-order valence-corrected chi connectivity index (χ2v) is 13.5. The highest BCUT2D eigenvalue weighted by atomic mass is 35.5. The van der Waals surface area contributed by atoms with Crippen molar-refractivity contribution in [1.29, 1.82) is 0 Å². The van der Waals surface area contributed by atoms with Gasteiger partial charge in [0.25, 0.3) is 0 Å². The van der Waals surface area contributed by atoms with E-state index in [4.69, 9.17) is 35.5 Å². The predicted octanol–water partition coefficient (Wildman–Crippen LogP) is 4.75. The van der Waals surface area contributed by atoms with E-state index in [-0.39, 0.29) is 67.5 Å². The monoisotopic (exact) mass is 697 g/mol. The van der Waals surface area contributed by atoms with Crippen molar-refractivity contribution in [2.45, 2.75) is 56.8 Å². The molecule has 16 heteroatoms. The molecule has 1 aromatic carbocycles. The molecule has 0 aliphatic carbocycles. The fourth-order valence-corrected chi connectivity index (χ4v) is 8.00. The molecule has 0 unspecified atom stereocenters. The number of hydrogen-bond acceptors (Lipinski definition) is 12. The summed E-state index contributed by atoms with van der Waals surface area (Å²) in [5.41, 5.74) is 0.684. The zero-order valence-corrected chi connectivity index (χ0v) is 27.5. The number of halogens is 3. The lowest BCUT2D eigenvalue weighted by Crippen LogP contribution is -2.43. The molecule has 49 heavy (non-hydrogen) atoms. The average Bonchev–Trinajstić information content (AvgIpc) is 3.69.